The van der Waals surface area contributed by atoms with Crippen molar-refractivity contribution in [2.75, 3.05) is 6.61 Å². The Morgan fingerprint density at radius 3 is 2.23 bits per heavy atom. The molecular formula is C20H19NO4S. The smallest absolute Gasteiger partial charge is 0.338 e. The van der Waals surface area contributed by atoms with Gasteiger partial charge >= 0.3 is 5.97 Å². The molecule has 0 heterocycles. The van der Waals surface area contributed by atoms with E-state index >= 15 is 0 Å². The van der Waals surface area contributed by atoms with Crippen molar-refractivity contribution in [3.63, 3.8) is 0 Å². The fourth-order valence-electron chi connectivity index (χ4n) is 2.69. The standard InChI is InChI=1S/C20H19NO4S/c1-2-25-20(22)19-13-16-9-7-6-8-15(16)12-17(19)14-21-26(23,24)18-10-4-3-5-11-18/h3-13,21H,2,14H2,1H3. The van der Waals surface area contributed by atoms with E-state index < -0.39 is 16.0 Å². The van der Waals surface area contributed by atoms with Gasteiger partial charge in [0.1, 0.15) is 0 Å². The summed E-state index contributed by atoms with van der Waals surface area (Å²) in [5.41, 5.74) is 0.933. The lowest BCUT2D eigenvalue weighted by Crippen LogP contribution is -2.24. The minimum atomic E-state index is -3.67. The number of hydrogen-bond donors (Lipinski definition) is 1. The summed E-state index contributed by atoms with van der Waals surface area (Å²) < 4.78 is 32.6. The Morgan fingerprint density at radius 2 is 1.58 bits per heavy atom. The molecule has 5 nitrogen and oxygen atoms in total. The van der Waals surface area contributed by atoms with Crippen LogP contribution in [0.15, 0.2) is 71.6 Å². The average molecular weight is 369 g/mol. The van der Waals surface area contributed by atoms with E-state index in [1.54, 1.807) is 31.2 Å². The number of fused-ring (bicyclic) bond motifs is 1. The highest BCUT2D eigenvalue weighted by Gasteiger charge is 2.18. The number of nitrogens with one attached hydrogen (secondary N) is 1. The second-order valence-electron chi connectivity index (χ2n) is 5.71. The summed E-state index contributed by atoms with van der Waals surface area (Å²) >= 11 is 0. The predicted molar refractivity (Wildman–Crippen MR) is 100 cm³/mol. The molecule has 134 valence electrons. The third-order valence-corrected chi connectivity index (χ3v) is 5.39. The molecule has 0 aliphatic heterocycles. The van der Waals surface area contributed by atoms with E-state index in [4.69, 9.17) is 4.74 Å². The number of ether oxygens (including phenoxy) is 1. The summed E-state index contributed by atoms with van der Waals surface area (Å²) in [6, 6.07) is 19.3. The van der Waals surface area contributed by atoms with Gasteiger partial charge in [-0.05, 0) is 47.5 Å². The predicted octanol–water partition coefficient (Wildman–Crippen LogP) is 3.50. The second kappa shape index (κ2) is 7.68. The van der Waals surface area contributed by atoms with E-state index in [1.807, 2.05) is 30.3 Å². The molecule has 0 unspecified atom stereocenters. The molecule has 3 rings (SSSR count). The van der Waals surface area contributed by atoms with Crippen LogP contribution in [-0.4, -0.2) is 21.0 Å². The Labute approximate surface area is 152 Å². The maximum Gasteiger partial charge on any atom is 0.338 e. The Balaban J connectivity index is 1.95. The van der Waals surface area contributed by atoms with Gasteiger partial charge in [0.25, 0.3) is 0 Å². The van der Waals surface area contributed by atoms with Gasteiger partial charge in [-0.1, -0.05) is 42.5 Å². The zero-order valence-corrected chi connectivity index (χ0v) is 15.1. The lowest BCUT2D eigenvalue weighted by atomic mass is 10.0. The molecule has 0 aliphatic rings. The van der Waals surface area contributed by atoms with E-state index in [-0.39, 0.29) is 18.0 Å². The van der Waals surface area contributed by atoms with Gasteiger partial charge in [-0.2, -0.15) is 0 Å². The molecule has 0 radical (unpaired) electrons. The van der Waals surface area contributed by atoms with E-state index in [0.29, 0.717) is 11.1 Å². The first kappa shape index (κ1) is 18.1. The van der Waals surface area contributed by atoms with Crippen molar-refractivity contribution in [2.24, 2.45) is 0 Å². The summed E-state index contributed by atoms with van der Waals surface area (Å²) in [5.74, 6) is -0.466. The van der Waals surface area contributed by atoms with Crippen molar-refractivity contribution in [2.45, 2.75) is 18.4 Å². The number of esters is 1. The molecule has 0 saturated carbocycles. The number of rotatable bonds is 6. The van der Waals surface area contributed by atoms with Crippen molar-refractivity contribution in [1.29, 1.82) is 0 Å². The van der Waals surface area contributed by atoms with E-state index in [0.717, 1.165) is 10.8 Å². The summed E-state index contributed by atoms with van der Waals surface area (Å²) in [6.07, 6.45) is 0. The molecule has 1 N–H and O–H groups in total. The number of benzene rings is 3. The molecule has 26 heavy (non-hydrogen) atoms. The summed E-state index contributed by atoms with van der Waals surface area (Å²) in [4.78, 5) is 12.5. The Bertz CT molecular complexity index is 1030. The van der Waals surface area contributed by atoms with Crippen LogP contribution in [0.1, 0.15) is 22.8 Å². The second-order valence-corrected chi connectivity index (χ2v) is 7.48. The third-order valence-electron chi connectivity index (χ3n) is 3.97. The Kier molecular flexibility index (Phi) is 5.35. The average Bonchev–Trinajstić information content (AvgIpc) is 2.66. The molecule has 0 aromatic heterocycles. The van der Waals surface area contributed by atoms with Crippen LogP contribution < -0.4 is 4.72 Å². The van der Waals surface area contributed by atoms with Crippen molar-refractivity contribution in [1.82, 2.24) is 4.72 Å². The molecule has 0 aliphatic carbocycles. The third kappa shape index (κ3) is 3.92. The van der Waals surface area contributed by atoms with Gasteiger partial charge in [0.2, 0.25) is 10.0 Å². The minimum absolute atomic E-state index is 0.00376. The van der Waals surface area contributed by atoms with Gasteiger partial charge in [0, 0.05) is 6.54 Å². The Morgan fingerprint density at radius 1 is 0.962 bits per heavy atom. The van der Waals surface area contributed by atoms with Gasteiger partial charge < -0.3 is 4.74 Å². The van der Waals surface area contributed by atoms with Gasteiger partial charge in [-0.15, -0.1) is 0 Å². The molecule has 0 amide bonds. The van der Waals surface area contributed by atoms with Gasteiger partial charge in [-0.3, -0.25) is 0 Å². The topological polar surface area (TPSA) is 72.5 Å². The molecular weight excluding hydrogens is 350 g/mol. The van der Waals surface area contributed by atoms with Crippen molar-refractivity contribution >= 4 is 26.8 Å². The molecule has 0 spiro atoms. The monoisotopic (exact) mass is 369 g/mol. The van der Waals surface area contributed by atoms with Gasteiger partial charge in [0.15, 0.2) is 0 Å². The lowest BCUT2D eigenvalue weighted by molar-refractivity contribution is 0.0525. The maximum atomic E-state index is 12.4. The fourth-order valence-corrected chi connectivity index (χ4v) is 3.72. The van der Waals surface area contributed by atoms with Crippen LogP contribution in [0.5, 0.6) is 0 Å². The van der Waals surface area contributed by atoms with Crippen LogP contribution in [0, 0.1) is 0 Å². The van der Waals surface area contributed by atoms with Crippen LogP contribution >= 0.6 is 0 Å². The first-order valence-electron chi connectivity index (χ1n) is 8.25. The van der Waals surface area contributed by atoms with Crippen LogP contribution in [-0.2, 0) is 21.3 Å². The maximum absolute atomic E-state index is 12.4. The highest BCUT2D eigenvalue weighted by Crippen LogP contribution is 2.22. The van der Waals surface area contributed by atoms with Crippen molar-refractivity contribution in [3.05, 3.63) is 77.9 Å². The largest absolute Gasteiger partial charge is 0.462 e. The number of hydrogen-bond acceptors (Lipinski definition) is 4. The van der Waals surface area contributed by atoms with Crippen LogP contribution in [0.4, 0.5) is 0 Å². The molecule has 0 fully saturated rings. The number of carbonyl (C=O) groups excluding carboxylic acids is 1. The van der Waals surface area contributed by atoms with Gasteiger partial charge in [0.05, 0.1) is 17.1 Å². The molecule has 3 aromatic carbocycles. The quantitative estimate of drug-likeness (QED) is 0.675. The summed E-state index contributed by atoms with van der Waals surface area (Å²) in [5, 5.41) is 1.82. The lowest BCUT2D eigenvalue weighted by Gasteiger charge is -2.12. The first-order chi connectivity index (χ1) is 12.5. The van der Waals surface area contributed by atoms with E-state index in [1.165, 1.54) is 12.1 Å². The van der Waals surface area contributed by atoms with Crippen LogP contribution in [0.25, 0.3) is 10.8 Å². The van der Waals surface area contributed by atoms with E-state index in [2.05, 4.69) is 4.72 Å². The molecule has 0 saturated heterocycles. The molecule has 3 aromatic rings. The Hall–Kier alpha value is -2.70. The number of sulfonamides is 1. The summed E-state index contributed by atoms with van der Waals surface area (Å²) in [7, 11) is -3.67. The van der Waals surface area contributed by atoms with Gasteiger partial charge in [-0.25, -0.2) is 17.9 Å². The van der Waals surface area contributed by atoms with Crippen molar-refractivity contribution in [3.8, 4) is 0 Å². The number of carbonyl (C=O) groups is 1. The van der Waals surface area contributed by atoms with Crippen molar-refractivity contribution < 1.29 is 17.9 Å². The highest BCUT2D eigenvalue weighted by molar-refractivity contribution is 7.89. The highest BCUT2D eigenvalue weighted by atomic mass is 32.2. The summed E-state index contributed by atoms with van der Waals surface area (Å²) in [6.45, 7) is 1.98. The zero-order valence-electron chi connectivity index (χ0n) is 14.3. The molecule has 0 bridgehead atoms. The van der Waals surface area contributed by atoms with Crippen LogP contribution in [0.2, 0.25) is 0 Å². The normalized spacial score (nSPS) is 11.4. The SMILES string of the molecule is CCOC(=O)c1cc2ccccc2cc1CNS(=O)(=O)c1ccccc1. The van der Waals surface area contributed by atoms with E-state index in [9.17, 15) is 13.2 Å². The first-order valence-corrected chi connectivity index (χ1v) is 9.73. The minimum Gasteiger partial charge on any atom is -0.462 e. The molecule has 0 atom stereocenters. The van der Waals surface area contributed by atoms with Crippen LogP contribution in [0.3, 0.4) is 0 Å². The zero-order chi connectivity index (χ0) is 18.6. The fraction of sp³-hybridized carbons (Fsp3) is 0.150. The molecule has 6 heteroatoms.